The van der Waals surface area contributed by atoms with Crippen molar-refractivity contribution in [3.8, 4) is 0 Å². The number of rotatable bonds is 6. The number of hydrogen-bond acceptors (Lipinski definition) is 4. The second kappa shape index (κ2) is 8.72. The topological polar surface area (TPSA) is 91.7 Å². The SMILES string of the molecule is C=C(CC[C@@H](C)[C@H]1CC[C@H]2C3=C(C(=O)C[C@]12C)[C@@]1(C)CCC(=O)C(C)[C@@H]1C[C@@H]3O)[C@H](C)C(=O)O. The summed E-state index contributed by atoms with van der Waals surface area (Å²) in [7, 11) is 0. The molecule has 9 atom stereocenters. The average molecular weight is 471 g/mol. The highest BCUT2D eigenvalue weighted by Gasteiger charge is 2.61. The maximum Gasteiger partial charge on any atom is 0.310 e. The Bertz CT molecular complexity index is 946. The van der Waals surface area contributed by atoms with E-state index in [9.17, 15) is 24.6 Å². The molecule has 0 spiro atoms. The van der Waals surface area contributed by atoms with Gasteiger partial charge in [-0.25, -0.2) is 0 Å². The van der Waals surface area contributed by atoms with Gasteiger partial charge in [-0.15, -0.1) is 0 Å². The Morgan fingerprint density at radius 3 is 2.53 bits per heavy atom. The summed E-state index contributed by atoms with van der Waals surface area (Å²) in [5.74, 6) is -0.0967. The van der Waals surface area contributed by atoms with Crippen LogP contribution in [0.25, 0.3) is 0 Å². The molecular formula is C29H42O5. The van der Waals surface area contributed by atoms with Crippen LogP contribution in [0.2, 0.25) is 0 Å². The van der Waals surface area contributed by atoms with Crippen LogP contribution in [0.15, 0.2) is 23.3 Å². The number of allylic oxidation sites excluding steroid dienone is 1. The fraction of sp³-hybridized carbons (Fsp3) is 0.759. The molecule has 2 N–H and O–H groups in total. The number of carboxylic acids is 1. The van der Waals surface area contributed by atoms with Gasteiger partial charge in [0.1, 0.15) is 5.78 Å². The van der Waals surface area contributed by atoms with Gasteiger partial charge in [0.25, 0.3) is 0 Å². The van der Waals surface area contributed by atoms with Crippen LogP contribution in [0.5, 0.6) is 0 Å². The highest BCUT2D eigenvalue weighted by molar-refractivity contribution is 6.00. The van der Waals surface area contributed by atoms with E-state index in [-0.39, 0.29) is 40.2 Å². The Morgan fingerprint density at radius 1 is 1.21 bits per heavy atom. The van der Waals surface area contributed by atoms with Gasteiger partial charge in [-0.1, -0.05) is 39.8 Å². The zero-order valence-corrected chi connectivity index (χ0v) is 21.5. The predicted octanol–water partition coefficient (Wildman–Crippen LogP) is 5.37. The minimum atomic E-state index is -0.834. The minimum Gasteiger partial charge on any atom is -0.481 e. The molecule has 4 aliphatic carbocycles. The third-order valence-electron chi connectivity index (χ3n) is 10.7. The first-order chi connectivity index (χ1) is 15.8. The van der Waals surface area contributed by atoms with Crippen molar-refractivity contribution in [2.24, 2.45) is 46.3 Å². The summed E-state index contributed by atoms with van der Waals surface area (Å²) in [6, 6.07) is 0. The Hall–Kier alpha value is -1.75. The molecule has 34 heavy (non-hydrogen) atoms. The van der Waals surface area contributed by atoms with Gasteiger partial charge in [-0.05, 0) is 80.1 Å². The maximum atomic E-state index is 13.8. The maximum absolute atomic E-state index is 13.8. The number of carboxylic acid groups (broad SMARTS) is 1. The molecule has 0 aromatic carbocycles. The number of carbonyl (C=O) groups is 3. The molecule has 0 aromatic heterocycles. The lowest BCUT2D eigenvalue weighted by molar-refractivity contribution is -0.140. The number of aliphatic carboxylic acids is 1. The van der Waals surface area contributed by atoms with Gasteiger partial charge < -0.3 is 10.2 Å². The standard InChI is InChI=1S/C29H42O5/c1-15(17(3)27(33)34)7-8-16(2)19-9-10-20-25-23(31)13-21-18(4)22(30)11-12-28(21,5)26(25)24(32)14-29(19,20)6/h16-21,23,31H,1,7-14H2,2-6H3,(H,33,34)/t16-,17+,18?,19-,20+,21+,23+,28+,29-/m1/s1. The Kier molecular flexibility index (Phi) is 6.50. The highest BCUT2D eigenvalue weighted by Crippen LogP contribution is 2.65. The van der Waals surface area contributed by atoms with Crippen LogP contribution in [-0.4, -0.2) is 33.9 Å². The van der Waals surface area contributed by atoms with Crippen LogP contribution in [0, 0.1) is 46.3 Å². The summed E-state index contributed by atoms with van der Waals surface area (Å²) >= 11 is 0. The van der Waals surface area contributed by atoms with E-state index < -0.39 is 18.0 Å². The van der Waals surface area contributed by atoms with Crippen molar-refractivity contribution in [2.75, 3.05) is 0 Å². The van der Waals surface area contributed by atoms with Gasteiger partial charge in [0.2, 0.25) is 0 Å². The van der Waals surface area contributed by atoms with E-state index in [2.05, 4.69) is 27.4 Å². The molecule has 0 aromatic rings. The second-order valence-electron chi connectivity index (χ2n) is 12.4. The van der Waals surface area contributed by atoms with Crippen molar-refractivity contribution in [1.29, 1.82) is 0 Å². The lowest BCUT2D eigenvalue weighted by Gasteiger charge is -2.55. The zero-order chi connectivity index (χ0) is 25.2. The molecular weight excluding hydrogens is 428 g/mol. The molecule has 188 valence electrons. The molecule has 5 heteroatoms. The highest BCUT2D eigenvalue weighted by atomic mass is 16.4. The first-order valence-corrected chi connectivity index (χ1v) is 13.2. The molecule has 0 radical (unpaired) electrons. The average Bonchev–Trinajstić information content (AvgIpc) is 3.11. The van der Waals surface area contributed by atoms with E-state index in [1.54, 1.807) is 6.92 Å². The van der Waals surface area contributed by atoms with Crippen molar-refractivity contribution in [1.82, 2.24) is 0 Å². The quantitative estimate of drug-likeness (QED) is 0.509. The molecule has 2 fully saturated rings. The zero-order valence-electron chi connectivity index (χ0n) is 21.5. The van der Waals surface area contributed by atoms with Crippen LogP contribution >= 0.6 is 0 Å². The summed E-state index contributed by atoms with van der Waals surface area (Å²) in [5, 5.41) is 20.6. The predicted molar refractivity (Wildman–Crippen MR) is 131 cm³/mol. The van der Waals surface area contributed by atoms with Gasteiger partial charge in [-0.2, -0.15) is 0 Å². The van der Waals surface area contributed by atoms with Crippen molar-refractivity contribution in [3.05, 3.63) is 23.3 Å². The van der Waals surface area contributed by atoms with Crippen LogP contribution < -0.4 is 0 Å². The fourth-order valence-electron chi connectivity index (χ4n) is 8.50. The smallest absolute Gasteiger partial charge is 0.310 e. The molecule has 5 nitrogen and oxygen atoms in total. The summed E-state index contributed by atoms with van der Waals surface area (Å²) in [6.45, 7) is 14.3. The van der Waals surface area contributed by atoms with E-state index in [1.807, 2.05) is 6.92 Å². The number of carbonyl (C=O) groups excluding carboxylic acids is 2. The monoisotopic (exact) mass is 470 g/mol. The number of aliphatic hydroxyl groups is 1. The van der Waals surface area contributed by atoms with E-state index in [4.69, 9.17) is 0 Å². The first kappa shape index (κ1) is 25.3. The van der Waals surface area contributed by atoms with Gasteiger partial charge in [-0.3, -0.25) is 14.4 Å². The van der Waals surface area contributed by atoms with Crippen molar-refractivity contribution in [3.63, 3.8) is 0 Å². The van der Waals surface area contributed by atoms with Gasteiger partial charge in [0.05, 0.1) is 12.0 Å². The largest absolute Gasteiger partial charge is 0.481 e. The van der Waals surface area contributed by atoms with E-state index in [1.165, 1.54) is 0 Å². The molecule has 0 saturated heterocycles. The molecule has 0 heterocycles. The number of aliphatic hydroxyl groups excluding tert-OH is 1. The van der Waals surface area contributed by atoms with Crippen molar-refractivity contribution >= 4 is 17.5 Å². The molecule has 1 unspecified atom stereocenters. The molecule has 0 amide bonds. The fourth-order valence-corrected chi connectivity index (χ4v) is 8.50. The van der Waals surface area contributed by atoms with Crippen LogP contribution in [-0.2, 0) is 14.4 Å². The number of fused-ring (bicyclic) bond motifs is 4. The number of hydrogen-bond donors (Lipinski definition) is 2. The Morgan fingerprint density at radius 2 is 1.88 bits per heavy atom. The molecule has 4 rings (SSSR count). The summed E-state index contributed by atoms with van der Waals surface area (Å²) in [6.07, 6.45) is 5.24. The van der Waals surface area contributed by atoms with Gasteiger partial charge >= 0.3 is 5.97 Å². The van der Waals surface area contributed by atoms with Crippen molar-refractivity contribution in [2.45, 2.75) is 92.1 Å². The van der Waals surface area contributed by atoms with Gasteiger partial charge in [0.15, 0.2) is 5.78 Å². The van der Waals surface area contributed by atoms with Crippen molar-refractivity contribution < 1.29 is 24.6 Å². The van der Waals surface area contributed by atoms with Crippen LogP contribution in [0.3, 0.4) is 0 Å². The molecule has 0 aliphatic heterocycles. The second-order valence-corrected chi connectivity index (χ2v) is 12.4. The van der Waals surface area contributed by atoms with E-state index in [0.717, 1.165) is 36.0 Å². The summed E-state index contributed by atoms with van der Waals surface area (Å²) in [5.41, 5.74) is 2.13. The summed E-state index contributed by atoms with van der Waals surface area (Å²) in [4.78, 5) is 37.6. The molecule has 2 saturated carbocycles. The third kappa shape index (κ3) is 3.73. The molecule has 4 aliphatic rings. The van der Waals surface area contributed by atoms with Crippen LogP contribution in [0.1, 0.15) is 86.0 Å². The van der Waals surface area contributed by atoms with E-state index >= 15 is 0 Å². The Balaban J connectivity index is 1.61. The minimum absolute atomic E-state index is 0.0363. The summed E-state index contributed by atoms with van der Waals surface area (Å²) < 4.78 is 0. The van der Waals surface area contributed by atoms with Gasteiger partial charge in [0, 0.05) is 29.7 Å². The lowest BCUT2D eigenvalue weighted by Crippen LogP contribution is -2.54. The first-order valence-electron chi connectivity index (χ1n) is 13.2. The lowest BCUT2D eigenvalue weighted by atomic mass is 9.48. The van der Waals surface area contributed by atoms with E-state index in [0.29, 0.717) is 43.9 Å². The normalized spacial score (nSPS) is 41.4. The number of ketones is 2. The number of Topliss-reactive ketones (excluding diaryl/α,β-unsaturated/α-hetero) is 2. The van der Waals surface area contributed by atoms with Crippen LogP contribution in [0.4, 0.5) is 0 Å². The Labute approximate surface area is 204 Å². The molecule has 0 bridgehead atoms. The third-order valence-corrected chi connectivity index (χ3v) is 10.7.